The van der Waals surface area contributed by atoms with Crippen molar-refractivity contribution in [1.29, 1.82) is 0 Å². The number of allylic oxidation sites excluding steroid dienone is 1. The molecule has 0 aliphatic rings. The second-order valence-electron chi connectivity index (χ2n) is 3.37. The lowest BCUT2D eigenvalue weighted by Crippen LogP contribution is -2.29. The average molecular weight is 231 g/mol. The van der Waals surface area contributed by atoms with Crippen LogP contribution in [0.25, 0.3) is 11.9 Å². The summed E-state index contributed by atoms with van der Waals surface area (Å²) < 4.78 is 2.79. The van der Waals surface area contributed by atoms with Crippen LogP contribution in [0.3, 0.4) is 0 Å². The molecule has 0 radical (unpaired) electrons. The minimum atomic E-state index is -0.370. The maximum Gasteiger partial charge on any atom is 0.500 e. The molecule has 0 bridgehead atoms. The lowest BCUT2D eigenvalue weighted by Gasteiger charge is -2.02. The van der Waals surface area contributed by atoms with E-state index in [1.807, 2.05) is 0 Å². The molecule has 1 N–H and O–H groups in total. The third-order valence-corrected chi connectivity index (χ3v) is 2.17. The van der Waals surface area contributed by atoms with Gasteiger partial charge in [0.2, 0.25) is 0 Å². The Morgan fingerprint density at radius 2 is 2.18 bits per heavy atom. The van der Waals surface area contributed by atoms with E-state index >= 15 is 0 Å². The quantitative estimate of drug-likeness (QED) is 0.744. The molecule has 0 saturated carbocycles. The zero-order chi connectivity index (χ0) is 12.3. The number of aromatic nitrogens is 4. The van der Waals surface area contributed by atoms with Crippen molar-refractivity contribution in [2.24, 2.45) is 0 Å². The standard InChI is InChI=1S/C11H10N4O2/c1-9(15-7-3-5-13-11(15)17)8-14-6-2-4-12-10(14)16/h2-8H,1H3/p+1/b9-8-. The fraction of sp³-hybridized carbons (Fsp3) is 0.0909. The molecule has 86 valence electrons. The molecule has 6 heteroatoms. The van der Waals surface area contributed by atoms with Crippen LogP contribution in [0.5, 0.6) is 6.01 Å². The average Bonchev–Trinajstić information content (AvgIpc) is 2.32. The molecule has 0 aliphatic carbocycles. The Kier molecular flexibility index (Phi) is 2.95. The summed E-state index contributed by atoms with van der Waals surface area (Å²) in [6, 6.07) is 3.19. The fourth-order valence-electron chi connectivity index (χ4n) is 1.36. The van der Waals surface area contributed by atoms with Gasteiger partial charge in [0, 0.05) is 18.5 Å². The van der Waals surface area contributed by atoms with Gasteiger partial charge in [-0.3, -0.25) is 4.57 Å². The van der Waals surface area contributed by atoms with E-state index < -0.39 is 0 Å². The zero-order valence-corrected chi connectivity index (χ0v) is 9.19. The number of hydrogen-bond donors (Lipinski definition) is 1. The Labute approximate surface area is 97.1 Å². The van der Waals surface area contributed by atoms with E-state index in [1.165, 1.54) is 21.5 Å². The first-order chi connectivity index (χ1) is 8.18. The summed E-state index contributed by atoms with van der Waals surface area (Å²) >= 11 is 0. The van der Waals surface area contributed by atoms with Gasteiger partial charge in [0.1, 0.15) is 18.6 Å². The van der Waals surface area contributed by atoms with Crippen LogP contribution in [0.2, 0.25) is 0 Å². The van der Waals surface area contributed by atoms with Crippen molar-refractivity contribution < 1.29 is 9.67 Å². The molecule has 0 saturated heterocycles. The van der Waals surface area contributed by atoms with Gasteiger partial charge in [-0.1, -0.05) is 0 Å². The second kappa shape index (κ2) is 4.56. The number of nitrogens with zero attached hydrogens (tertiary/aromatic N) is 4. The highest BCUT2D eigenvalue weighted by Gasteiger charge is 2.07. The van der Waals surface area contributed by atoms with Gasteiger partial charge in [-0.25, -0.2) is 9.78 Å². The van der Waals surface area contributed by atoms with Crippen LogP contribution in [-0.2, 0) is 0 Å². The van der Waals surface area contributed by atoms with Gasteiger partial charge in [-0.05, 0) is 18.0 Å². The lowest BCUT2D eigenvalue weighted by molar-refractivity contribution is -0.580. The zero-order valence-electron chi connectivity index (χ0n) is 9.19. The second-order valence-corrected chi connectivity index (χ2v) is 3.37. The molecular weight excluding hydrogens is 220 g/mol. The van der Waals surface area contributed by atoms with Crippen LogP contribution >= 0.6 is 0 Å². The number of aromatic hydroxyl groups is 1. The van der Waals surface area contributed by atoms with Crippen LogP contribution in [0.1, 0.15) is 6.92 Å². The smallest absolute Gasteiger partial charge is 0.443 e. The molecule has 2 aromatic heterocycles. The fourth-order valence-corrected chi connectivity index (χ4v) is 1.36. The molecule has 0 amide bonds. The van der Waals surface area contributed by atoms with E-state index in [4.69, 9.17) is 0 Å². The summed E-state index contributed by atoms with van der Waals surface area (Å²) in [5.74, 6) is 0. The van der Waals surface area contributed by atoms with Gasteiger partial charge in [0.15, 0.2) is 0 Å². The van der Waals surface area contributed by atoms with Crippen LogP contribution in [0, 0.1) is 0 Å². The highest BCUT2D eigenvalue weighted by atomic mass is 16.3. The summed E-state index contributed by atoms with van der Waals surface area (Å²) in [6.45, 7) is 1.74. The molecule has 0 aliphatic heterocycles. The third kappa shape index (κ3) is 2.36. The summed E-state index contributed by atoms with van der Waals surface area (Å²) in [5.41, 5.74) is 0.252. The Balaban J connectivity index is 2.46. The van der Waals surface area contributed by atoms with E-state index in [1.54, 1.807) is 37.7 Å². The van der Waals surface area contributed by atoms with Crippen LogP contribution in [-0.4, -0.2) is 19.6 Å². The Morgan fingerprint density at radius 3 is 2.88 bits per heavy atom. The molecule has 0 atom stereocenters. The highest BCUT2D eigenvalue weighted by Crippen LogP contribution is 1.99. The summed E-state index contributed by atoms with van der Waals surface area (Å²) in [6.07, 6.45) is 7.74. The third-order valence-electron chi connectivity index (χ3n) is 2.17. The van der Waals surface area contributed by atoms with E-state index in [2.05, 4.69) is 9.97 Å². The normalized spacial score (nSPS) is 11.5. The van der Waals surface area contributed by atoms with Crippen LogP contribution in [0.4, 0.5) is 0 Å². The summed E-state index contributed by atoms with van der Waals surface area (Å²) in [5, 5.41) is 9.48. The largest absolute Gasteiger partial charge is 0.500 e. The SMILES string of the molecule is C/C(=C/[n+]1cccnc1O)n1cccnc1=O. The van der Waals surface area contributed by atoms with Gasteiger partial charge >= 0.3 is 11.7 Å². The van der Waals surface area contributed by atoms with E-state index in [0.717, 1.165) is 0 Å². The first-order valence-electron chi connectivity index (χ1n) is 4.96. The predicted octanol–water partition coefficient (Wildman–Crippen LogP) is 0.107. The van der Waals surface area contributed by atoms with Crippen molar-refractivity contribution in [3.8, 4) is 6.01 Å². The van der Waals surface area contributed by atoms with Gasteiger partial charge < -0.3 is 5.11 Å². The van der Waals surface area contributed by atoms with Crippen molar-refractivity contribution in [3.05, 3.63) is 47.4 Å². The Morgan fingerprint density at radius 1 is 1.41 bits per heavy atom. The Bertz CT molecular complexity index is 619. The summed E-state index contributed by atoms with van der Waals surface area (Å²) in [7, 11) is 0. The first-order valence-corrected chi connectivity index (χ1v) is 4.96. The van der Waals surface area contributed by atoms with Crippen molar-refractivity contribution in [2.45, 2.75) is 6.92 Å². The van der Waals surface area contributed by atoms with E-state index in [0.29, 0.717) is 5.70 Å². The molecular formula is C11H11N4O2+. The van der Waals surface area contributed by atoms with Crippen molar-refractivity contribution in [1.82, 2.24) is 14.5 Å². The maximum absolute atomic E-state index is 11.5. The minimum absolute atomic E-state index is 0.149. The lowest BCUT2D eigenvalue weighted by atomic mass is 10.5. The van der Waals surface area contributed by atoms with E-state index in [-0.39, 0.29) is 11.7 Å². The summed E-state index contributed by atoms with van der Waals surface area (Å²) in [4.78, 5) is 18.8. The predicted molar refractivity (Wildman–Crippen MR) is 60.7 cm³/mol. The van der Waals surface area contributed by atoms with Gasteiger partial charge in [0.05, 0.1) is 5.70 Å². The molecule has 0 fully saturated rings. The minimum Gasteiger partial charge on any atom is -0.443 e. The molecule has 0 spiro atoms. The van der Waals surface area contributed by atoms with Crippen molar-refractivity contribution in [2.75, 3.05) is 0 Å². The van der Waals surface area contributed by atoms with Gasteiger partial charge in [0.25, 0.3) is 0 Å². The van der Waals surface area contributed by atoms with E-state index in [9.17, 15) is 9.90 Å². The molecule has 0 aromatic carbocycles. The molecule has 2 aromatic rings. The number of rotatable bonds is 2. The van der Waals surface area contributed by atoms with Crippen LogP contribution < -0.4 is 10.3 Å². The molecule has 0 unspecified atom stereocenters. The molecule has 2 rings (SSSR count). The Hall–Kier alpha value is -2.50. The van der Waals surface area contributed by atoms with Gasteiger partial charge in [-0.2, -0.15) is 4.57 Å². The number of hydrogen-bond acceptors (Lipinski definition) is 4. The van der Waals surface area contributed by atoms with Crippen molar-refractivity contribution >= 4 is 11.9 Å². The monoisotopic (exact) mass is 231 g/mol. The van der Waals surface area contributed by atoms with Crippen LogP contribution in [0.15, 0.2) is 41.7 Å². The van der Waals surface area contributed by atoms with Gasteiger partial charge in [-0.15, -0.1) is 0 Å². The maximum atomic E-state index is 11.5. The topological polar surface area (TPSA) is 71.9 Å². The first kappa shape index (κ1) is 11.0. The van der Waals surface area contributed by atoms with Crippen molar-refractivity contribution in [3.63, 3.8) is 0 Å². The molecule has 17 heavy (non-hydrogen) atoms. The highest BCUT2D eigenvalue weighted by molar-refractivity contribution is 5.53. The molecule has 6 nitrogen and oxygen atoms in total. The molecule has 2 heterocycles.